The molecular formula is C23H24N2O5S. The molecule has 1 fully saturated rings. The Morgan fingerprint density at radius 2 is 1.71 bits per heavy atom. The van der Waals surface area contributed by atoms with Crippen LogP contribution in [-0.2, 0) is 10.0 Å². The monoisotopic (exact) mass is 440 g/mol. The molecule has 2 aromatic carbocycles. The smallest absolute Gasteiger partial charge is 0.257 e. The third kappa shape index (κ3) is 4.13. The van der Waals surface area contributed by atoms with Crippen molar-refractivity contribution < 1.29 is 17.6 Å². The summed E-state index contributed by atoms with van der Waals surface area (Å²) in [6, 6.07) is 14.3. The summed E-state index contributed by atoms with van der Waals surface area (Å²) in [4.78, 5) is 28.0. The Bertz CT molecular complexity index is 1300. The Morgan fingerprint density at radius 3 is 2.42 bits per heavy atom. The number of carbonyl (C=O) groups is 1. The van der Waals surface area contributed by atoms with Gasteiger partial charge in [0.2, 0.25) is 10.0 Å². The molecule has 1 amide bonds. The van der Waals surface area contributed by atoms with Gasteiger partial charge in [0.15, 0.2) is 11.0 Å². The van der Waals surface area contributed by atoms with E-state index in [1.54, 1.807) is 30.0 Å². The predicted octanol–water partition coefficient (Wildman–Crippen LogP) is 2.88. The van der Waals surface area contributed by atoms with Crippen molar-refractivity contribution in [1.29, 1.82) is 0 Å². The normalized spacial score (nSPS) is 15.7. The molecule has 0 bridgehead atoms. The highest BCUT2D eigenvalue weighted by molar-refractivity contribution is 7.88. The van der Waals surface area contributed by atoms with Gasteiger partial charge in [-0.15, -0.1) is 0 Å². The summed E-state index contributed by atoms with van der Waals surface area (Å²) in [5.74, 6) is 0.171. The third-order valence-electron chi connectivity index (χ3n) is 5.62. The first-order valence-corrected chi connectivity index (χ1v) is 12.0. The van der Waals surface area contributed by atoms with Crippen molar-refractivity contribution in [3.8, 4) is 11.3 Å². The van der Waals surface area contributed by atoms with Gasteiger partial charge in [0.25, 0.3) is 5.91 Å². The van der Waals surface area contributed by atoms with Gasteiger partial charge in [0, 0.05) is 37.3 Å². The molecule has 4 rings (SSSR count). The summed E-state index contributed by atoms with van der Waals surface area (Å²) in [7, 11) is -3.31. The van der Waals surface area contributed by atoms with Gasteiger partial charge in [-0.3, -0.25) is 9.59 Å². The van der Waals surface area contributed by atoms with Crippen LogP contribution in [0.5, 0.6) is 0 Å². The van der Waals surface area contributed by atoms with Crippen LogP contribution >= 0.6 is 0 Å². The summed E-state index contributed by atoms with van der Waals surface area (Å²) in [6.07, 6.45) is 1.72. The summed E-state index contributed by atoms with van der Waals surface area (Å²) >= 11 is 0. The molecule has 8 heteroatoms. The molecule has 162 valence electrons. The number of para-hydroxylation sites is 1. The van der Waals surface area contributed by atoms with Crippen molar-refractivity contribution in [2.24, 2.45) is 0 Å². The Morgan fingerprint density at radius 1 is 0.968 bits per heavy atom. The Kier molecular flexibility index (Phi) is 5.68. The fourth-order valence-corrected chi connectivity index (χ4v) is 4.82. The van der Waals surface area contributed by atoms with Crippen molar-refractivity contribution in [2.45, 2.75) is 13.3 Å². The van der Waals surface area contributed by atoms with E-state index in [1.807, 2.05) is 30.3 Å². The summed E-state index contributed by atoms with van der Waals surface area (Å²) in [6.45, 7) is 3.06. The second-order valence-electron chi connectivity index (χ2n) is 7.74. The SMILES string of the molecule is Cc1c(-c2ccccc2)oc2c(C(=O)N3CCCN(S(C)(=O)=O)CC3)cccc2c1=O. The average molecular weight is 441 g/mol. The molecule has 0 saturated carbocycles. The van der Waals surface area contributed by atoms with E-state index in [4.69, 9.17) is 4.42 Å². The van der Waals surface area contributed by atoms with Crippen LogP contribution in [0, 0.1) is 6.92 Å². The number of amides is 1. The van der Waals surface area contributed by atoms with Gasteiger partial charge in [-0.1, -0.05) is 36.4 Å². The third-order valence-corrected chi connectivity index (χ3v) is 6.93. The first-order chi connectivity index (χ1) is 14.8. The molecule has 1 aliphatic rings. The van der Waals surface area contributed by atoms with Crippen LogP contribution in [0.15, 0.2) is 57.7 Å². The van der Waals surface area contributed by atoms with Crippen molar-refractivity contribution in [1.82, 2.24) is 9.21 Å². The molecule has 0 radical (unpaired) electrons. The molecule has 1 aromatic heterocycles. The number of sulfonamides is 1. The highest BCUT2D eigenvalue weighted by atomic mass is 32.2. The summed E-state index contributed by atoms with van der Waals surface area (Å²) in [5.41, 5.74) is 1.64. The number of hydrogen-bond acceptors (Lipinski definition) is 5. The Hall–Kier alpha value is -2.97. The van der Waals surface area contributed by atoms with Crippen LogP contribution in [0.25, 0.3) is 22.3 Å². The van der Waals surface area contributed by atoms with Crippen molar-refractivity contribution in [2.75, 3.05) is 32.4 Å². The van der Waals surface area contributed by atoms with Gasteiger partial charge in [-0.2, -0.15) is 0 Å². The van der Waals surface area contributed by atoms with Gasteiger partial charge in [0.1, 0.15) is 5.76 Å². The van der Waals surface area contributed by atoms with E-state index in [1.165, 1.54) is 10.6 Å². The fourth-order valence-electron chi connectivity index (χ4n) is 3.94. The quantitative estimate of drug-likeness (QED) is 0.625. The number of benzene rings is 2. The standard InChI is InChI=1S/C23H24N2O5S/c1-16-20(26)18-10-6-11-19(22(18)30-21(16)17-8-4-3-5-9-17)23(27)24-12-7-13-25(15-14-24)31(2,28)29/h3-6,8-11H,7,12-15H2,1-2H3. The molecule has 2 heterocycles. The van der Waals surface area contributed by atoms with Gasteiger partial charge in [-0.05, 0) is 25.5 Å². The number of rotatable bonds is 3. The average Bonchev–Trinajstić information content (AvgIpc) is 3.02. The van der Waals surface area contributed by atoms with Gasteiger partial charge < -0.3 is 9.32 Å². The first-order valence-electron chi connectivity index (χ1n) is 10.1. The molecule has 0 aliphatic carbocycles. The maximum atomic E-state index is 13.4. The minimum atomic E-state index is -3.31. The lowest BCUT2D eigenvalue weighted by Gasteiger charge is -2.21. The maximum absolute atomic E-state index is 13.4. The van der Waals surface area contributed by atoms with Crippen molar-refractivity contribution >= 4 is 26.9 Å². The van der Waals surface area contributed by atoms with E-state index in [-0.39, 0.29) is 30.0 Å². The first kappa shape index (κ1) is 21.3. The fraction of sp³-hybridized carbons (Fsp3) is 0.304. The zero-order valence-corrected chi connectivity index (χ0v) is 18.3. The summed E-state index contributed by atoms with van der Waals surface area (Å²) in [5, 5.41) is 0.357. The van der Waals surface area contributed by atoms with Crippen molar-refractivity contribution in [3.05, 3.63) is 69.9 Å². The minimum Gasteiger partial charge on any atom is -0.455 e. The van der Waals surface area contributed by atoms with Crippen LogP contribution in [0.3, 0.4) is 0 Å². The molecule has 31 heavy (non-hydrogen) atoms. The molecule has 3 aromatic rings. The van der Waals surface area contributed by atoms with Gasteiger partial charge in [-0.25, -0.2) is 12.7 Å². The van der Waals surface area contributed by atoms with Crippen LogP contribution in [0.2, 0.25) is 0 Å². The molecule has 0 atom stereocenters. The second-order valence-corrected chi connectivity index (χ2v) is 9.72. The molecule has 1 saturated heterocycles. The lowest BCUT2D eigenvalue weighted by molar-refractivity contribution is 0.0765. The topological polar surface area (TPSA) is 87.9 Å². The minimum absolute atomic E-state index is 0.172. The highest BCUT2D eigenvalue weighted by Crippen LogP contribution is 2.28. The largest absolute Gasteiger partial charge is 0.455 e. The van der Waals surface area contributed by atoms with E-state index >= 15 is 0 Å². The van der Waals surface area contributed by atoms with Crippen LogP contribution < -0.4 is 5.43 Å². The molecule has 0 unspecified atom stereocenters. The van der Waals surface area contributed by atoms with E-state index in [0.29, 0.717) is 41.8 Å². The van der Waals surface area contributed by atoms with E-state index < -0.39 is 10.0 Å². The highest BCUT2D eigenvalue weighted by Gasteiger charge is 2.26. The second kappa shape index (κ2) is 8.28. The summed E-state index contributed by atoms with van der Waals surface area (Å²) < 4.78 is 31.3. The van der Waals surface area contributed by atoms with E-state index in [9.17, 15) is 18.0 Å². The molecule has 0 N–H and O–H groups in total. The molecular weight excluding hydrogens is 416 g/mol. The Balaban J connectivity index is 1.77. The number of hydrogen-bond donors (Lipinski definition) is 0. The van der Waals surface area contributed by atoms with Gasteiger partial charge in [0.05, 0.1) is 17.2 Å². The lowest BCUT2D eigenvalue weighted by atomic mass is 10.0. The van der Waals surface area contributed by atoms with Crippen molar-refractivity contribution in [3.63, 3.8) is 0 Å². The molecule has 1 aliphatic heterocycles. The zero-order chi connectivity index (χ0) is 22.2. The van der Waals surface area contributed by atoms with E-state index in [2.05, 4.69) is 0 Å². The lowest BCUT2D eigenvalue weighted by Crippen LogP contribution is -2.37. The zero-order valence-electron chi connectivity index (χ0n) is 17.5. The van der Waals surface area contributed by atoms with E-state index in [0.717, 1.165) is 5.56 Å². The number of nitrogens with zero attached hydrogens (tertiary/aromatic N) is 2. The maximum Gasteiger partial charge on any atom is 0.257 e. The predicted molar refractivity (Wildman–Crippen MR) is 120 cm³/mol. The van der Waals surface area contributed by atoms with Crippen LogP contribution in [0.4, 0.5) is 0 Å². The van der Waals surface area contributed by atoms with Crippen LogP contribution in [-0.4, -0.2) is 56.0 Å². The van der Waals surface area contributed by atoms with Crippen LogP contribution in [0.1, 0.15) is 22.3 Å². The number of fused-ring (bicyclic) bond motifs is 1. The molecule has 0 spiro atoms. The van der Waals surface area contributed by atoms with Gasteiger partial charge >= 0.3 is 0 Å². The Labute approximate surface area is 180 Å². The number of carbonyl (C=O) groups excluding carboxylic acids is 1. The molecule has 7 nitrogen and oxygen atoms in total.